The molecule has 1 aliphatic carbocycles. The summed E-state index contributed by atoms with van der Waals surface area (Å²) >= 11 is 0. The summed E-state index contributed by atoms with van der Waals surface area (Å²) in [7, 11) is 0. The van der Waals surface area contributed by atoms with Gasteiger partial charge in [0.15, 0.2) is 0 Å². The van der Waals surface area contributed by atoms with Gasteiger partial charge in [-0.2, -0.15) is 0 Å². The third kappa shape index (κ3) is 1.69. The van der Waals surface area contributed by atoms with Crippen molar-refractivity contribution in [1.29, 1.82) is 0 Å². The maximum absolute atomic E-state index is 2.47. The Hall–Kier alpha value is -1.50. The molecule has 2 aromatic rings. The van der Waals surface area contributed by atoms with E-state index in [1.54, 1.807) is 0 Å². The van der Waals surface area contributed by atoms with Gasteiger partial charge in [0, 0.05) is 17.8 Å². The van der Waals surface area contributed by atoms with E-state index in [1.165, 1.54) is 35.2 Å². The summed E-state index contributed by atoms with van der Waals surface area (Å²) in [4.78, 5) is 0. The molecular weight excluding hydrogens is 218 g/mol. The number of hydrogen-bond donors (Lipinski definition) is 0. The van der Waals surface area contributed by atoms with E-state index in [-0.39, 0.29) is 0 Å². The Morgan fingerprint density at radius 2 is 1.67 bits per heavy atom. The highest BCUT2D eigenvalue weighted by Crippen LogP contribution is 2.36. The van der Waals surface area contributed by atoms with Crippen molar-refractivity contribution < 1.29 is 0 Å². The fraction of sp³-hybridized carbons (Fsp3) is 0.412. The van der Waals surface area contributed by atoms with Gasteiger partial charge in [-0.15, -0.1) is 0 Å². The quantitative estimate of drug-likeness (QED) is 0.728. The molecule has 3 rings (SSSR count). The highest BCUT2D eigenvalue weighted by molar-refractivity contribution is 5.70. The summed E-state index contributed by atoms with van der Waals surface area (Å²) in [5.41, 5.74) is 5.91. The van der Waals surface area contributed by atoms with Gasteiger partial charge in [-0.25, -0.2) is 0 Å². The standard InChI is InChI=1S/C17H21N/c1-12(2)13(3)18-11-10-15-9-8-14-6-4-5-7-16(14)17(15)18/h4-7,10-13H,8-9H2,1-3H3. The van der Waals surface area contributed by atoms with Crippen LogP contribution in [0, 0.1) is 5.92 Å². The van der Waals surface area contributed by atoms with Crippen LogP contribution in [0.25, 0.3) is 11.3 Å². The average Bonchev–Trinajstić information content (AvgIpc) is 2.81. The third-order valence-corrected chi connectivity index (χ3v) is 4.34. The molecule has 0 bridgehead atoms. The molecule has 0 fully saturated rings. The summed E-state index contributed by atoms with van der Waals surface area (Å²) in [6.45, 7) is 6.92. The first kappa shape index (κ1) is 11.6. The van der Waals surface area contributed by atoms with E-state index in [0.29, 0.717) is 12.0 Å². The maximum atomic E-state index is 2.47. The van der Waals surface area contributed by atoms with Crippen LogP contribution in [0.2, 0.25) is 0 Å². The van der Waals surface area contributed by atoms with Crippen LogP contribution in [0.4, 0.5) is 0 Å². The lowest BCUT2D eigenvalue weighted by molar-refractivity contribution is 0.412. The highest BCUT2D eigenvalue weighted by Gasteiger charge is 2.22. The molecule has 0 aliphatic heterocycles. The van der Waals surface area contributed by atoms with Crippen LogP contribution in [0.1, 0.15) is 37.9 Å². The number of fused-ring (bicyclic) bond motifs is 3. The molecule has 1 aromatic carbocycles. The SMILES string of the molecule is CC(C)C(C)n1ccc2c1-c1ccccc1CC2. The van der Waals surface area contributed by atoms with Crippen molar-refractivity contribution in [3.63, 3.8) is 0 Å². The minimum Gasteiger partial charge on any atom is -0.344 e. The van der Waals surface area contributed by atoms with Crippen molar-refractivity contribution in [2.24, 2.45) is 5.92 Å². The second-order valence-electron chi connectivity index (χ2n) is 5.74. The zero-order chi connectivity index (χ0) is 12.7. The van der Waals surface area contributed by atoms with Crippen LogP contribution in [-0.2, 0) is 12.8 Å². The molecule has 18 heavy (non-hydrogen) atoms. The molecule has 0 saturated heterocycles. The van der Waals surface area contributed by atoms with Crippen LogP contribution in [-0.4, -0.2) is 4.57 Å². The van der Waals surface area contributed by atoms with Gasteiger partial charge in [0.05, 0.1) is 5.69 Å². The summed E-state index contributed by atoms with van der Waals surface area (Å²) in [6.07, 6.45) is 4.64. The van der Waals surface area contributed by atoms with Gasteiger partial charge in [0.1, 0.15) is 0 Å². The summed E-state index contributed by atoms with van der Waals surface area (Å²) in [5.74, 6) is 0.663. The minimum absolute atomic E-state index is 0.555. The fourth-order valence-electron chi connectivity index (χ4n) is 2.90. The van der Waals surface area contributed by atoms with Crippen LogP contribution < -0.4 is 0 Å². The van der Waals surface area contributed by atoms with Crippen molar-refractivity contribution in [3.8, 4) is 11.3 Å². The summed E-state index contributed by atoms with van der Waals surface area (Å²) in [6, 6.07) is 11.7. The van der Waals surface area contributed by atoms with Crippen LogP contribution >= 0.6 is 0 Å². The average molecular weight is 239 g/mol. The van der Waals surface area contributed by atoms with E-state index in [4.69, 9.17) is 0 Å². The van der Waals surface area contributed by atoms with Gasteiger partial charge >= 0.3 is 0 Å². The topological polar surface area (TPSA) is 4.93 Å². The maximum Gasteiger partial charge on any atom is 0.0518 e. The van der Waals surface area contributed by atoms with Gasteiger partial charge in [-0.1, -0.05) is 38.1 Å². The smallest absolute Gasteiger partial charge is 0.0518 e. The molecule has 1 aromatic heterocycles. The monoisotopic (exact) mass is 239 g/mol. The van der Waals surface area contributed by atoms with Gasteiger partial charge in [0.2, 0.25) is 0 Å². The molecule has 0 spiro atoms. The summed E-state index contributed by atoms with van der Waals surface area (Å²) < 4.78 is 2.47. The van der Waals surface area contributed by atoms with E-state index in [9.17, 15) is 0 Å². The zero-order valence-corrected chi connectivity index (χ0v) is 11.5. The number of aryl methyl sites for hydroxylation is 2. The Balaban J connectivity index is 2.16. The zero-order valence-electron chi connectivity index (χ0n) is 11.5. The van der Waals surface area contributed by atoms with Gasteiger partial charge < -0.3 is 4.57 Å². The predicted molar refractivity (Wildman–Crippen MR) is 76.8 cm³/mol. The molecule has 1 atom stereocenters. The Labute approximate surface area is 109 Å². The summed E-state index contributed by atoms with van der Waals surface area (Å²) in [5, 5.41) is 0. The number of benzene rings is 1. The molecule has 94 valence electrons. The Kier molecular flexibility index (Phi) is 2.77. The molecule has 1 aliphatic rings. The van der Waals surface area contributed by atoms with Crippen LogP contribution in [0.3, 0.4) is 0 Å². The number of aromatic nitrogens is 1. The van der Waals surface area contributed by atoms with E-state index in [1.807, 2.05) is 0 Å². The molecule has 1 heterocycles. The number of rotatable bonds is 2. The largest absolute Gasteiger partial charge is 0.344 e. The first-order valence-corrected chi connectivity index (χ1v) is 6.96. The van der Waals surface area contributed by atoms with Crippen LogP contribution in [0.15, 0.2) is 36.5 Å². The predicted octanol–water partition coefficient (Wildman–Crippen LogP) is 4.47. The molecule has 0 saturated carbocycles. The Morgan fingerprint density at radius 1 is 0.944 bits per heavy atom. The van der Waals surface area contributed by atoms with Gasteiger partial charge in [-0.05, 0) is 42.9 Å². The van der Waals surface area contributed by atoms with Crippen molar-refractivity contribution in [2.75, 3.05) is 0 Å². The van der Waals surface area contributed by atoms with Crippen molar-refractivity contribution in [2.45, 2.75) is 39.7 Å². The molecule has 1 nitrogen and oxygen atoms in total. The minimum atomic E-state index is 0.555. The van der Waals surface area contributed by atoms with Gasteiger partial charge in [-0.3, -0.25) is 0 Å². The van der Waals surface area contributed by atoms with Crippen molar-refractivity contribution in [3.05, 3.63) is 47.7 Å². The van der Waals surface area contributed by atoms with Gasteiger partial charge in [0.25, 0.3) is 0 Å². The van der Waals surface area contributed by atoms with E-state index in [2.05, 4.69) is 61.9 Å². The molecular formula is C17H21N. The van der Waals surface area contributed by atoms with E-state index in [0.717, 1.165) is 0 Å². The fourth-order valence-corrected chi connectivity index (χ4v) is 2.90. The Bertz CT molecular complexity index is 563. The lowest BCUT2D eigenvalue weighted by Crippen LogP contribution is -2.14. The normalized spacial score (nSPS) is 15.3. The third-order valence-electron chi connectivity index (χ3n) is 4.34. The first-order valence-electron chi connectivity index (χ1n) is 6.96. The number of nitrogens with zero attached hydrogens (tertiary/aromatic N) is 1. The lowest BCUT2D eigenvalue weighted by Gasteiger charge is -2.25. The van der Waals surface area contributed by atoms with Crippen LogP contribution in [0.5, 0.6) is 0 Å². The van der Waals surface area contributed by atoms with Crippen molar-refractivity contribution in [1.82, 2.24) is 4.57 Å². The second kappa shape index (κ2) is 4.31. The number of hydrogen-bond acceptors (Lipinski definition) is 0. The molecule has 1 unspecified atom stereocenters. The van der Waals surface area contributed by atoms with Crippen molar-refractivity contribution >= 4 is 0 Å². The first-order chi connectivity index (χ1) is 8.68. The van der Waals surface area contributed by atoms with E-state index < -0.39 is 0 Å². The Morgan fingerprint density at radius 3 is 2.44 bits per heavy atom. The molecule has 1 heteroatoms. The molecule has 0 N–H and O–H groups in total. The highest BCUT2D eigenvalue weighted by atomic mass is 15.0. The lowest BCUT2D eigenvalue weighted by atomic mass is 9.90. The molecule has 0 amide bonds. The van der Waals surface area contributed by atoms with E-state index >= 15 is 0 Å². The second-order valence-corrected chi connectivity index (χ2v) is 5.74. The molecule has 0 radical (unpaired) electrons.